The zero-order valence-corrected chi connectivity index (χ0v) is 16.7. The Hall–Kier alpha value is -2.76. The van der Waals surface area contributed by atoms with Crippen LogP contribution in [0.15, 0.2) is 91.0 Å². The molecule has 0 aliphatic heterocycles. The van der Waals surface area contributed by atoms with E-state index in [1.54, 1.807) is 0 Å². The number of quaternary nitrogens is 1. The van der Waals surface area contributed by atoms with Gasteiger partial charge in [-0.2, -0.15) is 0 Å². The van der Waals surface area contributed by atoms with Crippen LogP contribution in [-0.2, 0) is 15.6 Å². The summed E-state index contributed by atoms with van der Waals surface area (Å²) in [6, 6.07) is 29.2. The number of carbonyl (C=O) groups is 1. The Morgan fingerprint density at radius 1 is 0.821 bits per heavy atom. The lowest BCUT2D eigenvalue weighted by atomic mass is 10.0. The van der Waals surface area contributed by atoms with Crippen LogP contribution in [0.25, 0.3) is 0 Å². The lowest BCUT2D eigenvalue weighted by Gasteiger charge is -2.18. The van der Waals surface area contributed by atoms with E-state index in [-0.39, 0.29) is 0 Å². The molecule has 0 aliphatic rings. The average Bonchev–Trinajstić information content (AvgIpc) is 2.70. The maximum atomic E-state index is 12.2. The summed E-state index contributed by atoms with van der Waals surface area (Å²) >= 11 is 0. The molecule has 3 rings (SSSR count). The smallest absolute Gasteiger partial charge is 0.107 e. The first kappa shape index (κ1) is 21.5. The van der Waals surface area contributed by atoms with E-state index in [2.05, 4.69) is 24.8 Å². The van der Waals surface area contributed by atoms with Gasteiger partial charge in [0.05, 0.1) is 17.0 Å². The quantitative estimate of drug-likeness (QED) is 0.695. The highest BCUT2D eigenvalue weighted by atomic mass is 32.2. The van der Waals surface area contributed by atoms with Crippen molar-refractivity contribution in [1.82, 2.24) is 0 Å². The second-order valence-corrected chi connectivity index (χ2v) is 7.93. The topological polar surface area (TPSA) is 84.8 Å². The van der Waals surface area contributed by atoms with Crippen molar-refractivity contribution in [2.45, 2.75) is 18.2 Å². The van der Waals surface area contributed by atoms with Gasteiger partial charge >= 0.3 is 0 Å². The highest BCUT2D eigenvalue weighted by Gasteiger charge is 2.20. The van der Waals surface area contributed by atoms with E-state index >= 15 is 0 Å². The van der Waals surface area contributed by atoms with Crippen molar-refractivity contribution in [3.05, 3.63) is 108 Å². The largest absolute Gasteiger partial charge is 0.549 e. The number of hydrogen-bond acceptors (Lipinski definition) is 3. The molecule has 4 nitrogen and oxygen atoms in total. The van der Waals surface area contributed by atoms with E-state index in [9.17, 15) is 14.1 Å². The monoisotopic (exact) mass is 395 g/mol. The van der Waals surface area contributed by atoms with Crippen LogP contribution in [0.4, 0.5) is 0 Å². The molecule has 28 heavy (non-hydrogen) atoms. The summed E-state index contributed by atoms with van der Waals surface area (Å²) in [4.78, 5) is 10.7. The van der Waals surface area contributed by atoms with Gasteiger partial charge in [0.2, 0.25) is 0 Å². The fraction of sp³-hybridized carbons (Fsp3) is 0.174. The molecular weight excluding hydrogens is 370 g/mol. The maximum Gasteiger partial charge on any atom is 0.107 e. The predicted octanol–water partition coefficient (Wildman–Crippen LogP) is 2.26. The average molecular weight is 396 g/mol. The van der Waals surface area contributed by atoms with Crippen molar-refractivity contribution in [3.63, 3.8) is 0 Å². The first-order valence-corrected chi connectivity index (χ1v) is 10.4. The highest BCUT2D eigenvalue weighted by molar-refractivity contribution is 7.86. The molecule has 3 N–H and O–H groups in total. The summed E-state index contributed by atoms with van der Waals surface area (Å²) in [5, 5.41) is 10.2. The summed E-state index contributed by atoms with van der Waals surface area (Å²) in [6.07, 6.45) is 0. The van der Waals surface area contributed by atoms with E-state index in [0.717, 1.165) is 11.1 Å². The van der Waals surface area contributed by atoms with Crippen molar-refractivity contribution in [3.8, 4) is 0 Å². The van der Waals surface area contributed by atoms with Gasteiger partial charge in [-0.05, 0) is 18.1 Å². The molecule has 0 aromatic heterocycles. The minimum Gasteiger partial charge on any atom is -0.549 e. The Labute approximate surface area is 168 Å². The number of carboxylic acid groups (broad SMARTS) is 1. The van der Waals surface area contributed by atoms with Crippen LogP contribution in [-0.4, -0.2) is 15.9 Å². The van der Waals surface area contributed by atoms with Gasteiger partial charge in [0.15, 0.2) is 0 Å². The van der Waals surface area contributed by atoms with Gasteiger partial charge in [0, 0.05) is 16.4 Å². The van der Waals surface area contributed by atoms with Crippen molar-refractivity contribution < 1.29 is 19.8 Å². The van der Waals surface area contributed by atoms with Gasteiger partial charge in [-0.25, -0.2) is 0 Å². The van der Waals surface area contributed by atoms with Crippen LogP contribution < -0.4 is 10.8 Å². The number of benzene rings is 3. The SMILES string of the molecule is CC([NH3+])c1ccccc1.O=C([O-])CS(=O)C(c1ccccc1)c1ccccc1. The highest BCUT2D eigenvalue weighted by Crippen LogP contribution is 2.28. The molecule has 0 saturated heterocycles. The van der Waals surface area contributed by atoms with Crippen molar-refractivity contribution in [1.29, 1.82) is 0 Å². The lowest BCUT2D eigenvalue weighted by molar-refractivity contribution is -0.420. The third kappa shape index (κ3) is 6.76. The first-order chi connectivity index (χ1) is 13.5. The van der Waals surface area contributed by atoms with Crippen LogP contribution in [0, 0.1) is 0 Å². The minimum absolute atomic E-state index is 0.409. The van der Waals surface area contributed by atoms with E-state index in [1.165, 1.54) is 5.56 Å². The van der Waals surface area contributed by atoms with Gasteiger partial charge in [0.1, 0.15) is 6.04 Å². The normalized spacial score (nSPS) is 12.5. The van der Waals surface area contributed by atoms with E-state index in [1.807, 2.05) is 78.9 Å². The van der Waals surface area contributed by atoms with E-state index in [4.69, 9.17) is 0 Å². The standard InChI is InChI=1S/C15H14O3S.C8H11N/c16-14(17)11-19(18)15(12-7-3-1-4-8-12)13-9-5-2-6-10-13;1-7(9)8-5-3-2-4-6-8/h1-10,15H,11H2,(H,16,17);2-7H,9H2,1H3. The molecule has 0 saturated carbocycles. The molecule has 0 heterocycles. The molecule has 3 aromatic rings. The maximum absolute atomic E-state index is 12.2. The molecule has 146 valence electrons. The Bertz CT molecular complexity index is 829. The Kier molecular flexibility index (Phi) is 8.59. The number of carbonyl (C=O) groups excluding carboxylic acids is 1. The van der Waals surface area contributed by atoms with Gasteiger partial charge in [-0.15, -0.1) is 0 Å². The van der Waals surface area contributed by atoms with Crippen molar-refractivity contribution >= 4 is 16.8 Å². The molecule has 0 amide bonds. The second-order valence-electron chi connectivity index (χ2n) is 6.41. The van der Waals surface area contributed by atoms with Crippen LogP contribution in [0.5, 0.6) is 0 Å². The minimum atomic E-state index is -1.55. The zero-order chi connectivity index (χ0) is 20.4. The van der Waals surface area contributed by atoms with E-state index < -0.39 is 27.8 Å². The van der Waals surface area contributed by atoms with Crippen LogP contribution in [0.2, 0.25) is 0 Å². The number of carboxylic acids is 1. The Morgan fingerprint density at radius 3 is 1.46 bits per heavy atom. The zero-order valence-electron chi connectivity index (χ0n) is 15.9. The van der Waals surface area contributed by atoms with Gasteiger partial charge in [-0.1, -0.05) is 91.0 Å². The van der Waals surface area contributed by atoms with Gasteiger partial charge in [0.25, 0.3) is 0 Å². The summed E-state index contributed by atoms with van der Waals surface area (Å²) in [5.74, 6) is -1.76. The first-order valence-electron chi connectivity index (χ1n) is 9.04. The molecule has 5 heteroatoms. The van der Waals surface area contributed by atoms with Crippen LogP contribution >= 0.6 is 0 Å². The molecule has 0 bridgehead atoms. The van der Waals surface area contributed by atoms with E-state index in [0.29, 0.717) is 6.04 Å². The molecule has 0 spiro atoms. The van der Waals surface area contributed by atoms with Crippen molar-refractivity contribution in [2.24, 2.45) is 0 Å². The fourth-order valence-corrected chi connectivity index (χ4v) is 4.05. The van der Waals surface area contributed by atoms with Crippen LogP contribution in [0.3, 0.4) is 0 Å². The number of rotatable bonds is 6. The predicted molar refractivity (Wildman–Crippen MR) is 110 cm³/mol. The summed E-state index contributed by atoms with van der Waals surface area (Å²) < 4.78 is 12.2. The molecule has 0 aliphatic carbocycles. The summed E-state index contributed by atoms with van der Waals surface area (Å²) in [6.45, 7) is 2.09. The second kappa shape index (κ2) is 11.2. The molecule has 0 fully saturated rings. The van der Waals surface area contributed by atoms with Gasteiger partial charge < -0.3 is 15.6 Å². The van der Waals surface area contributed by atoms with Crippen molar-refractivity contribution in [2.75, 3.05) is 5.75 Å². The summed E-state index contributed by atoms with van der Waals surface area (Å²) in [5.41, 5.74) is 6.89. The molecule has 0 radical (unpaired) electrons. The molecule has 2 atom stereocenters. The molecule has 3 aromatic carbocycles. The third-order valence-corrected chi connectivity index (χ3v) is 5.69. The fourth-order valence-electron chi connectivity index (χ4n) is 2.73. The summed E-state index contributed by atoms with van der Waals surface area (Å²) in [7, 11) is -1.55. The van der Waals surface area contributed by atoms with Gasteiger partial charge in [-0.3, -0.25) is 4.21 Å². The Balaban J connectivity index is 0.000000261. The van der Waals surface area contributed by atoms with Crippen LogP contribution in [0.1, 0.15) is 34.9 Å². The molecular formula is C23H25NO3S. The Morgan fingerprint density at radius 2 is 1.18 bits per heavy atom. The number of hydrogen-bond donors (Lipinski definition) is 1. The third-order valence-electron chi connectivity index (χ3n) is 4.10. The molecule has 2 unspecified atom stereocenters. The lowest BCUT2D eigenvalue weighted by Crippen LogP contribution is -2.51. The number of aliphatic carboxylic acids is 1.